The van der Waals surface area contributed by atoms with Gasteiger partial charge in [-0.3, -0.25) is 4.79 Å². The van der Waals surface area contributed by atoms with E-state index in [0.717, 1.165) is 12.1 Å². The Labute approximate surface area is 122 Å². The molecule has 0 radical (unpaired) electrons. The number of carbonyl (C=O) groups excluding carboxylic acids is 1. The lowest BCUT2D eigenvalue weighted by molar-refractivity contribution is -0.117. The van der Waals surface area contributed by atoms with Crippen LogP contribution in [0.15, 0.2) is 24.3 Å². The molecule has 0 aliphatic rings. The number of amides is 1. The van der Waals surface area contributed by atoms with Crippen LogP contribution in [0.2, 0.25) is 0 Å². The van der Waals surface area contributed by atoms with Crippen LogP contribution in [-0.2, 0) is 4.79 Å². The second kappa shape index (κ2) is 8.05. The van der Waals surface area contributed by atoms with Crippen molar-refractivity contribution in [3.63, 3.8) is 0 Å². The SMILES string of the molecule is CC(C)CC(CN)CC(=O)Nc1ccccc1C(C)C. The number of para-hydroxylation sites is 1. The number of benzene rings is 1. The van der Waals surface area contributed by atoms with E-state index in [-0.39, 0.29) is 11.8 Å². The van der Waals surface area contributed by atoms with E-state index in [0.29, 0.717) is 24.8 Å². The highest BCUT2D eigenvalue weighted by molar-refractivity contribution is 5.91. The van der Waals surface area contributed by atoms with E-state index in [9.17, 15) is 4.79 Å². The van der Waals surface area contributed by atoms with Crippen LogP contribution in [-0.4, -0.2) is 12.5 Å². The van der Waals surface area contributed by atoms with Crippen LogP contribution < -0.4 is 11.1 Å². The van der Waals surface area contributed by atoms with E-state index in [2.05, 4.69) is 39.1 Å². The Morgan fingerprint density at radius 3 is 2.40 bits per heavy atom. The van der Waals surface area contributed by atoms with Crippen LogP contribution in [0, 0.1) is 11.8 Å². The number of carbonyl (C=O) groups is 1. The summed E-state index contributed by atoms with van der Waals surface area (Å²) in [6.45, 7) is 9.15. The average molecular weight is 276 g/mol. The average Bonchev–Trinajstić information content (AvgIpc) is 2.37. The molecule has 0 saturated carbocycles. The molecule has 1 aromatic carbocycles. The molecule has 1 amide bonds. The molecule has 20 heavy (non-hydrogen) atoms. The Morgan fingerprint density at radius 1 is 1.20 bits per heavy atom. The van der Waals surface area contributed by atoms with Gasteiger partial charge in [-0.2, -0.15) is 0 Å². The zero-order chi connectivity index (χ0) is 15.1. The van der Waals surface area contributed by atoms with Crippen LogP contribution in [0.1, 0.15) is 52.0 Å². The van der Waals surface area contributed by atoms with Crippen molar-refractivity contribution in [2.24, 2.45) is 17.6 Å². The maximum Gasteiger partial charge on any atom is 0.224 e. The summed E-state index contributed by atoms with van der Waals surface area (Å²) in [5, 5.41) is 3.04. The van der Waals surface area contributed by atoms with Gasteiger partial charge >= 0.3 is 0 Å². The summed E-state index contributed by atoms with van der Waals surface area (Å²) in [6, 6.07) is 7.99. The smallest absolute Gasteiger partial charge is 0.224 e. The number of hydrogen-bond donors (Lipinski definition) is 2. The molecule has 0 saturated heterocycles. The fourth-order valence-corrected chi connectivity index (χ4v) is 2.51. The summed E-state index contributed by atoms with van der Waals surface area (Å²) in [4.78, 5) is 12.2. The second-order valence-electron chi connectivity index (χ2n) is 6.23. The molecule has 0 heterocycles. The van der Waals surface area contributed by atoms with Gasteiger partial charge in [0, 0.05) is 12.1 Å². The lowest BCUT2D eigenvalue weighted by Gasteiger charge is -2.18. The monoisotopic (exact) mass is 276 g/mol. The largest absolute Gasteiger partial charge is 0.330 e. The number of nitrogens with two attached hydrogens (primary N) is 1. The van der Waals surface area contributed by atoms with Gasteiger partial charge in [0.25, 0.3) is 0 Å². The highest BCUT2D eigenvalue weighted by Crippen LogP contribution is 2.24. The van der Waals surface area contributed by atoms with Crippen LogP contribution >= 0.6 is 0 Å². The van der Waals surface area contributed by atoms with Gasteiger partial charge < -0.3 is 11.1 Å². The molecule has 3 N–H and O–H groups in total. The molecule has 3 nitrogen and oxygen atoms in total. The number of nitrogens with one attached hydrogen (secondary N) is 1. The first-order valence-corrected chi connectivity index (χ1v) is 7.52. The standard InChI is InChI=1S/C17H28N2O/c1-12(2)9-14(11-18)10-17(20)19-16-8-6-5-7-15(16)13(3)4/h5-8,12-14H,9-11,18H2,1-4H3,(H,19,20). The van der Waals surface area contributed by atoms with Gasteiger partial charge in [0.15, 0.2) is 0 Å². The van der Waals surface area contributed by atoms with Crippen LogP contribution in [0.25, 0.3) is 0 Å². The molecule has 3 heteroatoms. The van der Waals surface area contributed by atoms with Crippen molar-refractivity contribution in [1.29, 1.82) is 0 Å². The van der Waals surface area contributed by atoms with Crippen LogP contribution in [0.5, 0.6) is 0 Å². The van der Waals surface area contributed by atoms with Crippen molar-refractivity contribution in [2.75, 3.05) is 11.9 Å². The van der Waals surface area contributed by atoms with E-state index in [1.54, 1.807) is 0 Å². The van der Waals surface area contributed by atoms with Crippen molar-refractivity contribution >= 4 is 11.6 Å². The summed E-state index contributed by atoms with van der Waals surface area (Å²) in [6.07, 6.45) is 1.50. The molecule has 0 aliphatic carbocycles. The molecule has 0 aromatic heterocycles. The minimum absolute atomic E-state index is 0.0641. The van der Waals surface area contributed by atoms with Gasteiger partial charge in [0.05, 0.1) is 0 Å². The third-order valence-electron chi connectivity index (χ3n) is 3.47. The minimum Gasteiger partial charge on any atom is -0.330 e. The van der Waals surface area contributed by atoms with E-state index in [4.69, 9.17) is 5.73 Å². The zero-order valence-corrected chi connectivity index (χ0v) is 13.1. The summed E-state index contributed by atoms with van der Waals surface area (Å²) in [5.74, 6) is 1.29. The van der Waals surface area contributed by atoms with Crippen LogP contribution in [0.4, 0.5) is 5.69 Å². The molecule has 112 valence electrons. The van der Waals surface area contributed by atoms with E-state index in [1.165, 1.54) is 5.56 Å². The number of rotatable bonds is 7. The third-order valence-corrected chi connectivity index (χ3v) is 3.47. The van der Waals surface area contributed by atoms with Gasteiger partial charge in [-0.25, -0.2) is 0 Å². The minimum atomic E-state index is 0.0641. The van der Waals surface area contributed by atoms with Gasteiger partial charge in [0.1, 0.15) is 0 Å². The lowest BCUT2D eigenvalue weighted by atomic mass is 9.94. The summed E-state index contributed by atoms with van der Waals surface area (Å²) in [7, 11) is 0. The third kappa shape index (κ3) is 5.33. The number of anilines is 1. The predicted octanol–water partition coefficient (Wildman–Crippen LogP) is 3.76. The first-order valence-electron chi connectivity index (χ1n) is 7.52. The molecule has 1 atom stereocenters. The Hall–Kier alpha value is -1.35. The van der Waals surface area contributed by atoms with Crippen molar-refractivity contribution in [3.05, 3.63) is 29.8 Å². The van der Waals surface area contributed by atoms with Gasteiger partial charge in [-0.05, 0) is 42.3 Å². The fourth-order valence-electron chi connectivity index (χ4n) is 2.51. The molecular formula is C17H28N2O. The van der Waals surface area contributed by atoms with Crippen molar-refractivity contribution in [3.8, 4) is 0 Å². The van der Waals surface area contributed by atoms with Crippen LogP contribution in [0.3, 0.4) is 0 Å². The molecule has 1 aromatic rings. The highest BCUT2D eigenvalue weighted by atomic mass is 16.1. The summed E-state index contributed by atoms with van der Waals surface area (Å²) in [5.41, 5.74) is 7.86. The molecule has 0 bridgehead atoms. The summed E-state index contributed by atoms with van der Waals surface area (Å²) < 4.78 is 0. The molecule has 0 spiro atoms. The quantitative estimate of drug-likeness (QED) is 0.796. The van der Waals surface area contributed by atoms with Crippen molar-refractivity contribution < 1.29 is 4.79 Å². The first kappa shape index (κ1) is 16.7. The van der Waals surface area contributed by atoms with Crippen molar-refractivity contribution in [1.82, 2.24) is 0 Å². The Morgan fingerprint density at radius 2 is 1.85 bits per heavy atom. The predicted molar refractivity (Wildman–Crippen MR) is 85.8 cm³/mol. The van der Waals surface area contributed by atoms with Gasteiger partial charge in [-0.15, -0.1) is 0 Å². The second-order valence-corrected chi connectivity index (χ2v) is 6.23. The zero-order valence-electron chi connectivity index (χ0n) is 13.1. The molecule has 1 rings (SSSR count). The highest BCUT2D eigenvalue weighted by Gasteiger charge is 2.15. The van der Waals surface area contributed by atoms with E-state index < -0.39 is 0 Å². The van der Waals surface area contributed by atoms with Crippen molar-refractivity contribution in [2.45, 2.75) is 46.5 Å². The molecule has 0 aliphatic heterocycles. The first-order chi connectivity index (χ1) is 9.43. The summed E-state index contributed by atoms with van der Waals surface area (Å²) >= 11 is 0. The maximum absolute atomic E-state index is 12.2. The Bertz CT molecular complexity index is 427. The van der Waals surface area contributed by atoms with E-state index >= 15 is 0 Å². The maximum atomic E-state index is 12.2. The normalized spacial score (nSPS) is 12.8. The number of hydrogen-bond acceptors (Lipinski definition) is 2. The van der Waals surface area contributed by atoms with Gasteiger partial charge in [-0.1, -0.05) is 45.9 Å². The topological polar surface area (TPSA) is 55.1 Å². The molecule has 0 fully saturated rings. The van der Waals surface area contributed by atoms with E-state index in [1.807, 2.05) is 18.2 Å². The molecular weight excluding hydrogens is 248 g/mol. The Kier molecular flexibility index (Phi) is 6.73. The fraction of sp³-hybridized carbons (Fsp3) is 0.588. The van der Waals surface area contributed by atoms with Gasteiger partial charge in [0.2, 0.25) is 5.91 Å². The lowest BCUT2D eigenvalue weighted by Crippen LogP contribution is -2.23. The molecule has 1 unspecified atom stereocenters. The Balaban J connectivity index is 2.66.